The molecular weight excluding hydrogens is 306 g/mol. The average molecular weight is 323 g/mol. The highest BCUT2D eigenvalue weighted by atomic mass is 16.6. The number of fused-ring (bicyclic) bond motifs is 2. The molecule has 1 aliphatic heterocycles. The van der Waals surface area contributed by atoms with Crippen LogP contribution in [0.2, 0.25) is 0 Å². The van der Waals surface area contributed by atoms with Gasteiger partial charge in [0, 0.05) is 34.8 Å². The van der Waals surface area contributed by atoms with E-state index < -0.39 is 10.3 Å². The summed E-state index contributed by atoms with van der Waals surface area (Å²) >= 11 is 0. The first-order chi connectivity index (χ1) is 11.4. The van der Waals surface area contributed by atoms with Crippen LogP contribution in [0.25, 0.3) is 0 Å². The third kappa shape index (κ3) is 1.86. The topological polar surface area (TPSA) is 77.2 Å². The summed E-state index contributed by atoms with van der Waals surface area (Å²) in [5, 5.41) is 14.0. The predicted octanol–water partition coefficient (Wildman–Crippen LogP) is 3.40. The maximum absolute atomic E-state index is 12.7. The molecular formula is C18H17N3O3. The molecule has 122 valence electrons. The molecule has 0 radical (unpaired) electrons. The van der Waals surface area contributed by atoms with Crippen LogP contribution >= 0.6 is 0 Å². The summed E-state index contributed by atoms with van der Waals surface area (Å²) in [4.78, 5) is 23.4. The molecule has 0 saturated heterocycles. The quantitative estimate of drug-likeness (QED) is 0.523. The zero-order valence-corrected chi connectivity index (χ0v) is 13.4. The monoisotopic (exact) mass is 323 g/mol. The molecule has 24 heavy (non-hydrogen) atoms. The number of hydrogen-bond donors (Lipinski definition) is 1. The summed E-state index contributed by atoms with van der Waals surface area (Å²) in [7, 11) is 0. The molecule has 2 atom stereocenters. The molecule has 0 unspecified atom stereocenters. The molecule has 1 aromatic carbocycles. The Morgan fingerprint density at radius 2 is 1.96 bits per heavy atom. The van der Waals surface area contributed by atoms with Crippen molar-refractivity contribution < 1.29 is 9.72 Å². The Morgan fingerprint density at radius 3 is 2.62 bits per heavy atom. The van der Waals surface area contributed by atoms with E-state index in [0.29, 0.717) is 17.7 Å². The maximum Gasteiger partial charge on any atom is 0.269 e. The second-order valence-corrected chi connectivity index (χ2v) is 6.53. The van der Waals surface area contributed by atoms with Gasteiger partial charge in [-0.05, 0) is 38.5 Å². The van der Waals surface area contributed by atoms with Gasteiger partial charge in [-0.25, -0.2) is 0 Å². The molecule has 2 aromatic rings. The normalized spacial score (nSPS) is 24.4. The number of allylic oxidation sites excluding steroid dienone is 1. The molecule has 1 spiro atoms. The number of nitrogens with zero attached hydrogens (tertiary/aromatic N) is 2. The van der Waals surface area contributed by atoms with Gasteiger partial charge in [-0.15, -0.1) is 0 Å². The Balaban J connectivity index is 1.79. The Bertz CT molecular complexity index is 893. The number of non-ortho nitro benzene ring substituents is 1. The van der Waals surface area contributed by atoms with Crippen LogP contribution in [0.15, 0.2) is 42.5 Å². The number of nitro groups is 1. The van der Waals surface area contributed by atoms with E-state index in [2.05, 4.69) is 22.0 Å². The first-order valence-corrected chi connectivity index (χ1v) is 7.86. The minimum atomic E-state index is -0.824. The van der Waals surface area contributed by atoms with Crippen LogP contribution in [0.4, 0.5) is 11.4 Å². The molecule has 1 aromatic heterocycles. The summed E-state index contributed by atoms with van der Waals surface area (Å²) < 4.78 is 2.20. The molecule has 0 saturated carbocycles. The second-order valence-electron chi connectivity index (χ2n) is 6.53. The van der Waals surface area contributed by atoms with E-state index >= 15 is 0 Å². The zero-order chi connectivity index (χ0) is 17.1. The summed E-state index contributed by atoms with van der Waals surface area (Å²) in [6, 6.07) is 8.75. The van der Waals surface area contributed by atoms with Crippen molar-refractivity contribution in [2.45, 2.75) is 31.7 Å². The fourth-order valence-corrected chi connectivity index (χ4v) is 3.97. The van der Waals surface area contributed by atoms with Crippen LogP contribution in [-0.4, -0.2) is 15.4 Å². The Labute approximate surface area is 138 Å². The predicted molar refractivity (Wildman–Crippen MR) is 90.1 cm³/mol. The molecule has 0 bridgehead atoms. The fraction of sp³-hybridized carbons (Fsp3) is 0.278. The van der Waals surface area contributed by atoms with Crippen LogP contribution in [0, 0.1) is 24.0 Å². The highest BCUT2D eigenvalue weighted by Gasteiger charge is 2.49. The maximum atomic E-state index is 12.7. The van der Waals surface area contributed by atoms with Gasteiger partial charge < -0.3 is 9.88 Å². The second kappa shape index (κ2) is 4.80. The Morgan fingerprint density at radius 1 is 1.25 bits per heavy atom. The number of nitro benzene ring substituents is 1. The molecule has 6 heteroatoms. The van der Waals surface area contributed by atoms with Crippen LogP contribution in [0.1, 0.15) is 29.4 Å². The van der Waals surface area contributed by atoms with Crippen molar-refractivity contribution in [3.63, 3.8) is 0 Å². The van der Waals surface area contributed by atoms with Crippen molar-refractivity contribution >= 4 is 17.3 Å². The van der Waals surface area contributed by atoms with Crippen LogP contribution < -0.4 is 5.32 Å². The minimum absolute atomic E-state index is 0.00907. The molecule has 0 fully saturated rings. The van der Waals surface area contributed by atoms with Gasteiger partial charge in [-0.1, -0.05) is 12.2 Å². The first-order valence-electron chi connectivity index (χ1n) is 7.86. The molecule has 6 nitrogen and oxygen atoms in total. The van der Waals surface area contributed by atoms with Gasteiger partial charge in [0.15, 0.2) is 0 Å². The summed E-state index contributed by atoms with van der Waals surface area (Å²) in [6.45, 7) is 4.08. The zero-order valence-electron chi connectivity index (χ0n) is 13.4. The number of amides is 1. The third-order valence-electron chi connectivity index (χ3n) is 5.14. The number of carbonyl (C=O) groups is 1. The van der Waals surface area contributed by atoms with Gasteiger partial charge >= 0.3 is 0 Å². The Kier molecular flexibility index (Phi) is 2.94. The van der Waals surface area contributed by atoms with Gasteiger partial charge in [0.2, 0.25) is 5.91 Å². The van der Waals surface area contributed by atoms with Crippen LogP contribution in [0.5, 0.6) is 0 Å². The van der Waals surface area contributed by atoms with Gasteiger partial charge in [0.1, 0.15) is 0 Å². The van der Waals surface area contributed by atoms with Gasteiger partial charge in [0.25, 0.3) is 5.69 Å². The smallest absolute Gasteiger partial charge is 0.269 e. The van der Waals surface area contributed by atoms with E-state index in [4.69, 9.17) is 0 Å². The summed E-state index contributed by atoms with van der Waals surface area (Å²) in [5.41, 5.74) is 2.82. The molecule has 1 N–H and O–H groups in total. The number of carbonyl (C=O) groups excluding carboxylic acids is 1. The van der Waals surface area contributed by atoms with E-state index in [9.17, 15) is 14.9 Å². The minimum Gasteiger partial charge on any atom is -0.342 e. The van der Waals surface area contributed by atoms with E-state index in [1.165, 1.54) is 12.1 Å². The Hall–Kier alpha value is -2.89. The lowest BCUT2D eigenvalue weighted by molar-refractivity contribution is -0.384. The summed E-state index contributed by atoms with van der Waals surface area (Å²) in [6.07, 6.45) is 4.51. The number of nitrogens with one attached hydrogen (secondary N) is 1. The van der Waals surface area contributed by atoms with Crippen molar-refractivity contribution in [3.8, 4) is 0 Å². The number of hydrogen-bond acceptors (Lipinski definition) is 3. The lowest BCUT2D eigenvalue weighted by atomic mass is 9.80. The van der Waals surface area contributed by atoms with Crippen molar-refractivity contribution in [3.05, 3.63) is 69.5 Å². The standard InChI is InChI=1S/C18H17N3O3/c1-11-3-4-12(2)20(11)14-7-8-18(10-14)15-9-13(21(23)24)5-6-16(15)19-17(18)22/h3-9,14H,10H2,1-2H3,(H,19,22)/t14-,18+/m1/s1. The largest absolute Gasteiger partial charge is 0.342 e. The number of aromatic nitrogens is 1. The van der Waals surface area contributed by atoms with Crippen LogP contribution in [0.3, 0.4) is 0 Å². The van der Waals surface area contributed by atoms with Crippen molar-refractivity contribution in [2.75, 3.05) is 5.32 Å². The van der Waals surface area contributed by atoms with E-state index in [0.717, 1.165) is 11.4 Å². The highest BCUT2D eigenvalue weighted by Crippen LogP contribution is 2.49. The molecule has 1 aliphatic carbocycles. The van der Waals surface area contributed by atoms with Crippen molar-refractivity contribution in [2.24, 2.45) is 0 Å². The lowest BCUT2D eigenvalue weighted by Crippen LogP contribution is -2.31. The van der Waals surface area contributed by atoms with Gasteiger partial charge in [-0.3, -0.25) is 14.9 Å². The molecule has 4 rings (SSSR count). The number of anilines is 1. The van der Waals surface area contributed by atoms with E-state index in [1.54, 1.807) is 6.07 Å². The van der Waals surface area contributed by atoms with Crippen molar-refractivity contribution in [1.82, 2.24) is 4.57 Å². The number of aryl methyl sites for hydroxylation is 2. The summed E-state index contributed by atoms with van der Waals surface area (Å²) in [5.74, 6) is -0.112. The third-order valence-corrected chi connectivity index (χ3v) is 5.14. The fourth-order valence-electron chi connectivity index (χ4n) is 3.97. The lowest BCUT2D eigenvalue weighted by Gasteiger charge is -2.23. The SMILES string of the molecule is Cc1ccc(C)n1[C@@H]1C=C[C@@]2(C1)C(=O)Nc1ccc([N+](=O)[O-])cc12. The number of rotatable bonds is 2. The van der Waals surface area contributed by atoms with Crippen molar-refractivity contribution in [1.29, 1.82) is 0 Å². The first kappa shape index (κ1) is 14.7. The molecule has 1 amide bonds. The van der Waals surface area contributed by atoms with Gasteiger partial charge in [-0.2, -0.15) is 0 Å². The highest BCUT2D eigenvalue weighted by molar-refractivity contribution is 6.08. The number of benzene rings is 1. The van der Waals surface area contributed by atoms with E-state index in [-0.39, 0.29) is 17.6 Å². The average Bonchev–Trinajstić information content (AvgIpc) is 3.19. The van der Waals surface area contributed by atoms with E-state index in [1.807, 2.05) is 26.0 Å². The molecule has 2 heterocycles. The van der Waals surface area contributed by atoms with Gasteiger partial charge in [0.05, 0.1) is 16.4 Å². The van der Waals surface area contributed by atoms with Crippen LogP contribution in [-0.2, 0) is 10.2 Å². The molecule has 2 aliphatic rings.